The average Bonchev–Trinajstić information content (AvgIpc) is 3.16. The molecular weight excluding hydrogens is 556 g/mol. The Balaban J connectivity index is 1.75. The average molecular weight is 601 g/mol. The highest BCUT2D eigenvalue weighted by atomic mass is 16.6. The molecule has 0 saturated carbocycles. The molecule has 3 aromatic carbocycles. The van der Waals surface area contributed by atoms with Crippen LogP contribution in [0.2, 0.25) is 0 Å². The second-order valence-electron chi connectivity index (χ2n) is 12.3. The molecule has 0 radical (unpaired) electrons. The second-order valence-corrected chi connectivity index (χ2v) is 12.3. The van der Waals surface area contributed by atoms with Gasteiger partial charge in [0.15, 0.2) is 11.5 Å². The molecule has 2 atom stereocenters. The van der Waals surface area contributed by atoms with Crippen molar-refractivity contribution in [1.29, 1.82) is 0 Å². The summed E-state index contributed by atoms with van der Waals surface area (Å²) < 4.78 is 22.4. The zero-order valence-corrected chi connectivity index (χ0v) is 27.0. The highest BCUT2D eigenvalue weighted by molar-refractivity contribution is 6.24. The molecule has 8 heteroatoms. The number of carbonyl (C=O) groups excluding carboxylic acids is 2. The summed E-state index contributed by atoms with van der Waals surface area (Å²) in [5.74, 6) is 1.38. The summed E-state index contributed by atoms with van der Waals surface area (Å²) >= 11 is 0. The van der Waals surface area contributed by atoms with E-state index in [-0.39, 0.29) is 24.0 Å². The summed E-state index contributed by atoms with van der Waals surface area (Å²) in [6.07, 6.45) is 1.49. The number of benzene rings is 3. The summed E-state index contributed by atoms with van der Waals surface area (Å²) in [5, 5.41) is 0. The lowest BCUT2D eigenvalue weighted by molar-refractivity contribution is -0.125. The molecule has 4 rings (SSSR count). The van der Waals surface area contributed by atoms with Gasteiger partial charge in [-0.3, -0.25) is 4.79 Å². The van der Waals surface area contributed by atoms with Crippen LogP contribution in [0.15, 0.2) is 66.7 Å². The zero-order valence-electron chi connectivity index (χ0n) is 27.0. The number of hydrogen-bond acceptors (Lipinski definition) is 6. The first kappa shape index (κ1) is 32.5. The van der Waals surface area contributed by atoms with Crippen molar-refractivity contribution in [3.63, 3.8) is 0 Å². The summed E-state index contributed by atoms with van der Waals surface area (Å²) in [6.45, 7) is 10.9. The smallest absolute Gasteiger partial charge is 0.410 e. The summed E-state index contributed by atoms with van der Waals surface area (Å²) in [6, 6.07) is 21.5. The van der Waals surface area contributed by atoms with Crippen molar-refractivity contribution in [3.05, 3.63) is 77.9 Å². The number of methoxy groups -OCH3 is 3. The molecule has 0 aromatic heterocycles. The SMILES string of the molecule is COc1cc(/C=C(/C(=O)N2CC(C)CN(C(=O)OC(C)(C)C)C(C)C2)c2ccc(-c3ccccc3)cc2)cc(OC)c1OC. The van der Waals surface area contributed by atoms with Crippen molar-refractivity contribution >= 4 is 23.6 Å². The van der Waals surface area contributed by atoms with Gasteiger partial charge in [-0.1, -0.05) is 61.5 Å². The first-order valence-electron chi connectivity index (χ1n) is 14.9. The third-order valence-electron chi connectivity index (χ3n) is 7.50. The first-order chi connectivity index (χ1) is 20.9. The van der Waals surface area contributed by atoms with Gasteiger partial charge in [0.1, 0.15) is 5.60 Å². The molecule has 44 heavy (non-hydrogen) atoms. The van der Waals surface area contributed by atoms with Gasteiger partial charge in [0.25, 0.3) is 5.91 Å². The Morgan fingerprint density at radius 1 is 0.795 bits per heavy atom. The maximum Gasteiger partial charge on any atom is 0.410 e. The van der Waals surface area contributed by atoms with Crippen LogP contribution in [-0.2, 0) is 9.53 Å². The van der Waals surface area contributed by atoms with Crippen LogP contribution in [0.3, 0.4) is 0 Å². The van der Waals surface area contributed by atoms with Crippen molar-refractivity contribution in [1.82, 2.24) is 9.80 Å². The fraction of sp³-hybridized carbons (Fsp3) is 0.389. The molecule has 2 unspecified atom stereocenters. The van der Waals surface area contributed by atoms with Crippen molar-refractivity contribution in [2.45, 2.75) is 46.3 Å². The van der Waals surface area contributed by atoms with Crippen molar-refractivity contribution in [3.8, 4) is 28.4 Å². The molecule has 234 valence electrons. The van der Waals surface area contributed by atoms with Crippen LogP contribution in [0.4, 0.5) is 4.79 Å². The van der Waals surface area contributed by atoms with Crippen LogP contribution in [0, 0.1) is 5.92 Å². The molecule has 1 aliphatic rings. The molecule has 0 N–H and O–H groups in total. The minimum atomic E-state index is -0.607. The second kappa shape index (κ2) is 13.9. The van der Waals surface area contributed by atoms with Gasteiger partial charge in [0, 0.05) is 31.2 Å². The van der Waals surface area contributed by atoms with E-state index in [1.54, 1.807) is 26.2 Å². The van der Waals surface area contributed by atoms with Crippen LogP contribution < -0.4 is 14.2 Å². The van der Waals surface area contributed by atoms with E-state index in [1.807, 2.05) is 100 Å². The lowest BCUT2D eigenvalue weighted by atomic mass is 9.97. The number of carbonyl (C=O) groups is 2. The molecule has 1 aliphatic heterocycles. The molecule has 0 aliphatic carbocycles. The number of amides is 2. The highest BCUT2D eigenvalue weighted by Crippen LogP contribution is 2.39. The van der Waals surface area contributed by atoms with Gasteiger partial charge >= 0.3 is 6.09 Å². The van der Waals surface area contributed by atoms with Crippen LogP contribution in [-0.4, -0.2) is 74.4 Å². The van der Waals surface area contributed by atoms with Crippen LogP contribution in [0.1, 0.15) is 45.7 Å². The summed E-state index contributed by atoms with van der Waals surface area (Å²) in [4.78, 5) is 31.1. The molecule has 3 aromatic rings. The Labute approximate surface area is 261 Å². The summed E-state index contributed by atoms with van der Waals surface area (Å²) in [5.41, 5.74) is 3.56. The van der Waals surface area contributed by atoms with Gasteiger partial charge in [-0.15, -0.1) is 0 Å². The standard InChI is InChI=1S/C36H44N2O6/c1-24-21-37(23-25(2)38(22-24)35(40)44-36(3,4)5)34(39)30(18-26-19-31(41-6)33(43-8)32(20-26)42-7)29-16-14-28(15-17-29)27-12-10-9-11-13-27/h9-20,24-25H,21-23H2,1-8H3/b30-18+. The lowest BCUT2D eigenvalue weighted by Gasteiger charge is -2.31. The van der Waals surface area contributed by atoms with Gasteiger partial charge in [-0.05, 0) is 74.1 Å². The predicted octanol–water partition coefficient (Wildman–Crippen LogP) is 7.02. The molecule has 1 fully saturated rings. The topological polar surface area (TPSA) is 77.5 Å². The van der Waals surface area contributed by atoms with Crippen LogP contribution in [0.25, 0.3) is 22.8 Å². The van der Waals surface area contributed by atoms with Gasteiger partial charge < -0.3 is 28.7 Å². The Morgan fingerprint density at radius 2 is 1.39 bits per heavy atom. The number of nitrogens with zero attached hydrogens (tertiary/aromatic N) is 2. The fourth-order valence-electron chi connectivity index (χ4n) is 5.45. The van der Waals surface area contributed by atoms with Crippen molar-refractivity contribution in [2.75, 3.05) is 41.0 Å². The number of hydrogen-bond donors (Lipinski definition) is 0. The van der Waals surface area contributed by atoms with Crippen molar-refractivity contribution < 1.29 is 28.5 Å². The van der Waals surface area contributed by atoms with Crippen LogP contribution >= 0.6 is 0 Å². The third-order valence-corrected chi connectivity index (χ3v) is 7.50. The van der Waals surface area contributed by atoms with E-state index in [1.165, 1.54) is 0 Å². The molecular formula is C36H44N2O6. The maximum absolute atomic E-state index is 14.5. The van der Waals surface area contributed by atoms with E-state index >= 15 is 0 Å². The van der Waals surface area contributed by atoms with E-state index in [0.717, 1.165) is 22.3 Å². The fourth-order valence-corrected chi connectivity index (χ4v) is 5.45. The largest absolute Gasteiger partial charge is 0.493 e. The van der Waals surface area contributed by atoms with Gasteiger partial charge in [-0.25, -0.2) is 4.79 Å². The third kappa shape index (κ3) is 7.73. The Morgan fingerprint density at radius 3 is 1.93 bits per heavy atom. The van der Waals surface area contributed by atoms with E-state index in [9.17, 15) is 9.59 Å². The van der Waals surface area contributed by atoms with Gasteiger partial charge in [-0.2, -0.15) is 0 Å². The monoisotopic (exact) mass is 600 g/mol. The molecule has 0 bridgehead atoms. The molecule has 0 spiro atoms. The highest BCUT2D eigenvalue weighted by Gasteiger charge is 2.34. The molecule has 1 saturated heterocycles. The van der Waals surface area contributed by atoms with Gasteiger partial charge in [0.05, 0.1) is 21.3 Å². The predicted molar refractivity (Wildman–Crippen MR) is 174 cm³/mol. The first-order valence-corrected chi connectivity index (χ1v) is 14.9. The Kier molecular flexibility index (Phi) is 10.2. The number of ether oxygens (including phenoxy) is 4. The van der Waals surface area contributed by atoms with Crippen molar-refractivity contribution in [2.24, 2.45) is 5.92 Å². The minimum Gasteiger partial charge on any atom is -0.493 e. The Bertz CT molecular complexity index is 1450. The minimum absolute atomic E-state index is 0.0410. The number of rotatable bonds is 7. The van der Waals surface area contributed by atoms with Gasteiger partial charge in [0.2, 0.25) is 5.75 Å². The van der Waals surface area contributed by atoms with E-state index in [0.29, 0.717) is 42.5 Å². The van der Waals surface area contributed by atoms with E-state index < -0.39 is 5.60 Å². The maximum atomic E-state index is 14.5. The molecule has 2 amide bonds. The quantitative estimate of drug-likeness (QED) is 0.214. The van der Waals surface area contributed by atoms with E-state index in [4.69, 9.17) is 18.9 Å². The molecule has 8 nitrogen and oxygen atoms in total. The normalized spacial score (nSPS) is 17.5. The van der Waals surface area contributed by atoms with Crippen LogP contribution in [0.5, 0.6) is 17.2 Å². The Hall–Kier alpha value is -4.46. The molecule has 1 heterocycles. The lowest BCUT2D eigenvalue weighted by Crippen LogP contribution is -2.46. The summed E-state index contributed by atoms with van der Waals surface area (Å²) in [7, 11) is 4.69. The zero-order chi connectivity index (χ0) is 32.0. The van der Waals surface area contributed by atoms with E-state index in [2.05, 4.69) is 12.1 Å².